The molecule has 0 radical (unpaired) electrons. The minimum Gasteiger partial charge on any atom is -0.478 e. The maximum atomic E-state index is 13.2. The van der Waals surface area contributed by atoms with Crippen LogP contribution in [0, 0.1) is 5.82 Å². The number of carbonyl (C=O) groups is 1. The van der Waals surface area contributed by atoms with E-state index < -0.39 is 5.97 Å². The van der Waals surface area contributed by atoms with Gasteiger partial charge in [0.15, 0.2) is 0 Å². The van der Waals surface area contributed by atoms with E-state index in [1.807, 2.05) is 24.3 Å². The number of aromatic nitrogens is 1. The van der Waals surface area contributed by atoms with E-state index in [9.17, 15) is 14.3 Å². The van der Waals surface area contributed by atoms with Crippen LogP contribution in [0.25, 0.3) is 0 Å². The van der Waals surface area contributed by atoms with E-state index in [1.54, 1.807) is 18.2 Å². The van der Waals surface area contributed by atoms with Gasteiger partial charge in [-0.3, -0.25) is 9.88 Å². The van der Waals surface area contributed by atoms with E-state index in [2.05, 4.69) is 11.0 Å². The van der Waals surface area contributed by atoms with Gasteiger partial charge in [0.25, 0.3) is 0 Å². The van der Waals surface area contributed by atoms with E-state index >= 15 is 0 Å². The molecular formula is C25H24ClFN2O2. The molecule has 6 heteroatoms. The number of hydrogen-bond acceptors (Lipinski definition) is 3. The maximum absolute atomic E-state index is 13.2. The smallest absolute Gasteiger partial charge is 0.337 e. The van der Waals surface area contributed by atoms with Crippen molar-refractivity contribution in [1.82, 2.24) is 9.88 Å². The Morgan fingerprint density at radius 3 is 2.65 bits per heavy atom. The predicted octanol–water partition coefficient (Wildman–Crippen LogP) is 5.69. The summed E-state index contributed by atoms with van der Waals surface area (Å²) in [6, 6.07) is 17.8. The fraction of sp³-hybridized carbons (Fsp3) is 0.280. The minimum atomic E-state index is -0.977. The Labute approximate surface area is 186 Å². The Morgan fingerprint density at radius 2 is 1.90 bits per heavy atom. The second-order valence-electron chi connectivity index (χ2n) is 7.92. The van der Waals surface area contributed by atoms with Crippen LogP contribution in [0.4, 0.5) is 4.39 Å². The Kier molecular flexibility index (Phi) is 6.64. The number of rotatable bonds is 7. The Hall–Kier alpha value is -2.76. The number of nitrogens with zero attached hydrogens (tertiary/aromatic N) is 2. The first kappa shape index (κ1) is 21.5. The summed E-state index contributed by atoms with van der Waals surface area (Å²) in [5.41, 5.74) is 3.80. The number of likely N-dealkylation sites (tertiary alicyclic amines) is 1. The number of halogens is 2. The highest BCUT2D eigenvalue weighted by atomic mass is 35.5. The third-order valence-corrected chi connectivity index (χ3v) is 6.00. The zero-order valence-corrected chi connectivity index (χ0v) is 17.9. The van der Waals surface area contributed by atoms with Gasteiger partial charge in [0.2, 0.25) is 0 Å². The molecule has 1 aliphatic rings. The van der Waals surface area contributed by atoms with Crippen LogP contribution in [0.5, 0.6) is 0 Å². The van der Waals surface area contributed by atoms with E-state index in [0.717, 1.165) is 47.8 Å². The summed E-state index contributed by atoms with van der Waals surface area (Å²) in [5.74, 6) is -1.26. The van der Waals surface area contributed by atoms with Crippen molar-refractivity contribution in [3.63, 3.8) is 0 Å². The van der Waals surface area contributed by atoms with Gasteiger partial charge in [-0.05, 0) is 79.8 Å². The van der Waals surface area contributed by atoms with Gasteiger partial charge in [0, 0.05) is 11.6 Å². The van der Waals surface area contributed by atoms with E-state index in [-0.39, 0.29) is 17.4 Å². The summed E-state index contributed by atoms with van der Waals surface area (Å²) < 4.78 is 13.2. The summed E-state index contributed by atoms with van der Waals surface area (Å²) in [5, 5.41) is 10.3. The van der Waals surface area contributed by atoms with E-state index in [1.165, 1.54) is 12.1 Å². The number of hydrogen-bond donors (Lipinski definition) is 1. The van der Waals surface area contributed by atoms with Gasteiger partial charge in [-0.1, -0.05) is 35.9 Å². The van der Waals surface area contributed by atoms with Crippen LogP contribution in [0.2, 0.25) is 5.02 Å². The first-order valence-corrected chi connectivity index (χ1v) is 10.8. The molecule has 160 valence electrons. The molecule has 1 aliphatic heterocycles. The van der Waals surface area contributed by atoms with Crippen LogP contribution in [0.15, 0.2) is 60.7 Å². The maximum Gasteiger partial charge on any atom is 0.337 e. The van der Waals surface area contributed by atoms with Gasteiger partial charge in [0.05, 0.1) is 23.0 Å². The normalized spacial score (nSPS) is 16.5. The van der Waals surface area contributed by atoms with Crippen molar-refractivity contribution in [2.24, 2.45) is 0 Å². The van der Waals surface area contributed by atoms with E-state index in [0.29, 0.717) is 18.5 Å². The third-order valence-electron chi connectivity index (χ3n) is 5.77. The molecule has 4 nitrogen and oxygen atoms in total. The average molecular weight is 439 g/mol. The second-order valence-corrected chi connectivity index (χ2v) is 8.36. The summed E-state index contributed by atoms with van der Waals surface area (Å²) in [4.78, 5) is 18.9. The van der Waals surface area contributed by atoms with E-state index in [4.69, 9.17) is 16.6 Å². The van der Waals surface area contributed by atoms with Gasteiger partial charge < -0.3 is 5.11 Å². The number of pyridine rings is 1. The number of aromatic carboxylic acids is 1. The molecule has 0 amide bonds. The van der Waals surface area contributed by atoms with Crippen LogP contribution in [0.1, 0.15) is 51.8 Å². The molecule has 0 bridgehead atoms. The van der Waals surface area contributed by atoms with Crippen molar-refractivity contribution in [3.8, 4) is 0 Å². The quantitative estimate of drug-likeness (QED) is 0.514. The van der Waals surface area contributed by atoms with Crippen molar-refractivity contribution < 1.29 is 14.3 Å². The lowest BCUT2D eigenvalue weighted by Crippen LogP contribution is -2.24. The Morgan fingerprint density at radius 1 is 1.10 bits per heavy atom. The Balaban J connectivity index is 1.55. The second kappa shape index (κ2) is 9.58. The summed E-state index contributed by atoms with van der Waals surface area (Å²) in [6.07, 6.45) is 3.14. The molecular weight excluding hydrogens is 415 g/mol. The SMILES string of the molecule is O=C(O)c1ccc([C@H]2CCCN2Cc2cccc(Cl)c2)nc1CCc1ccc(F)cc1. The molecule has 3 aromatic rings. The minimum absolute atomic E-state index is 0.145. The third kappa shape index (κ3) is 5.30. The molecule has 1 N–H and O–H groups in total. The van der Waals surface area contributed by atoms with Crippen molar-refractivity contribution in [2.45, 2.75) is 38.3 Å². The van der Waals surface area contributed by atoms with Gasteiger partial charge in [0.1, 0.15) is 5.82 Å². The average Bonchev–Trinajstić information content (AvgIpc) is 3.21. The molecule has 31 heavy (non-hydrogen) atoms. The predicted molar refractivity (Wildman–Crippen MR) is 119 cm³/mol. The van der Waals surface area contributed by atoms with Gasteiger partial charge in [-0.15, -0.1) is 0 Å². The molecule has 2 aromatic carbocycles. The highest BCUT2D eigenvalue weighted by Gasteiger charge is 2.28. The lowest BCUT2D eigenvalue weighted by molar-refractivity contribution is 0.0695. The number of carboxylic acid groups (broad SMARTS) is 1. The number of benzene rings is 2. The fourth-order valence-electron chi connectivity index (χ4n) is 4.22. The number of carboxylic acids is 1. The van der Waals surface area contributed by atoms with Crippen molar-refractivity contribution in [2.75, 3.05) is 6.54 Å². The molecule has 2 heterocycles. The van der Waals surface area contributed by atoms with Crippen molar-refractivity contribution in [1.29, 1.82) is 0 Å². The summed E-state index contributed by atoms with van der Waals surface area (Å²) >= 11 is 6.14. The van der Waals surface area contributed by atoms with Crippen molar-refractivity contribution >= 4 is 17.6 Å². The lowest BCUT2D eigenvalue weighted by Gasteiger charge is -2.25. The van der Waals surface area contributed by atoms with Crippen LogP contribution < -0.4 is 0 Å². The van der Waals surface area contributed by atoms with Gasteiger partial charge in [-0.25, -0.2) is 9.18 Å². The molecule has 4 rings (SSSR count). The summed E-state index contributed by atoms with van der Waals surface area (Å²) in [6.45, 7) is 1.74. The first-order valence-electron chi connectivity index (χ1n) is 10.5. The summed E-state index contributed by atoms with van der Waals surface area (Å²) in [7, 11) is 0. The van der Waals surface area contributed by atoms with Crippen LogP contribution in [-0.4, -0.2) is 27.5 Å². The Bertz CT molecular complexity index is 1070. The van der Waals surface area contributed by atoms with Gasteiger partial charge >= 0.3 is 5.97 Å². The van der Waals surface area contributed by atoms with Crippen LogP contribution >= 0.6 is 11.6 Å². The van der Waals surface area contributed by atoms with Gasteiger partial charge in [-0.2, -0.15) is 0 Å². The topological polar surface area (TPSA) is 53.4 Å². The fourth-order valence-corrected chi connectivity index (χ4v) is 4.44. The highest BCUT2D eigenvalue weighted by molar-refractivity contribution is 6.30. The highest BCUT2D eigenvalue weighted by Crippen LogP contribution is 2.33. The zero-order chi connectivity index (χ0) is 21.8. The zero-order valence-electron chi connectivity index (χ0n) is 17.1. The molecule has 0 unspecified atom stereocenters. The lowest BCUT2D eigenvalue weighted by atomic mass is 10.0. The molecule has 0 spiro atoms. The molecule has 0 aliphatic carbocycles. The molecule has 1 fully saturated rings. The monoisotopic (exact) mass is 438 g/mol. The molecule has 1 aromatic heterocycles. The van der Waals surface area contributed by atoms with Crippen LogP contribution in [-0.2, 0) is 19.4 Å². The largest absolute Gasteiger partial charge is 0.478 e. The van der Waals surface area contributed by atoms with Crippen molar-refractivity contribution in [3.05, 3.63) is 99.6 Å². The molecule has 1 saturated heterocycles. The molecule has 0 saturated carbocycles. The first-order chi connectivity index (χ1) is 15.0. The standard InChI is InChI=1S/C25H24ClFN2O2/c26-19-4-1-3-18(15-19)16-29-14-2-5-24(29)23-13-11-21(25(30)31)22(28-23)12-8-17-6-9-20(27)10-7-17/h1,3-4,6-7,9-11,13,15,24H,2,5,8,12,14,16H2,(H,30,31)/t24-/m1/s1. The number of aryl methyl sites for hydroxylation is 2. The van der Waals surface area contributed by atoms with Crippen LogP contribution in [0.3, 0.4) is 0 Å². The molecule has 1 atom stereocenters.